The Morgan fingerprint density at radius 1 is 1.13 bits per heavy atom. The summed E-state index contributed by atoms with van der Waals surface area (Å²) in [6.07, 6.45) is 0. The number of thioether (sulfide) groups is 1. The lowest BCUT2D eigenvalue weighted by Gasteiger charge is -2.31. The maximum atomic E-state index is 13.2. The predicted molar refractivity (Wildman–Crippen MR) is 132 cm³/mol. The predicted octanol–water partition coefficient (Wildman–Crippen LogP) is 5.87. The highest BCUT2D eigenvalue weighted by Crippen LogP contribution is 2.24. The van der Waals surface area contributed by atoms with E-state index in [0.29, 0.717) is 10.0 Å². The van der Waals surface area contributed by atoms with Crippen molar-refractivity contribution in [1.29, 1.82) is 0 Å². The second kappa shape index (κ2) is 11.3. The van der Waals surface area contributed by atoms with E-state index < -0.39 is 11.6 Å². The van der Waals surface area contributed by atoms with Crippen molar-refractivity contribution < 1.29 is 9.59 Å². The highest BCUT2D eigenvalue weighted by atomic mass is 35.5. The third-order valence-corrected chi connectivity index (χ3v) is 6.17. The van der Waals surface area contributed by atoms with Gasteiger partial charge >= 0.3 is 0 Å². The van der Waals surface area contributed by atoms with E-state index in [1.807, 2.05) is 39.8 Å². The molecule has 2 rings (SSSR count). The Kier molecular flexibility index (Phi) is 9.28. The van der Waals surface area contributed by atoms with Crippen molar-refractivity contribution in [3.63, 3.8) is 0 Å². The summed E-state index contributed by atoms with van der Waals surface area (Å²) in [4.78, 5) is 27.5. The Morgan fingerprint density at radius 3 is 2.45 bits per heavy atom. The number of halogens is 2. The normalized spacial score (nSPS) is 12.4. The van der Waals surface area contributed by atoms with E-state index in [-0.39, 0.29) is 24.1 Å². The molecule has 0 spiro atoms. The molecule has 4 nitrogen and oxygen atoms in total. The molecular weight excluding hydrogens is 451 g/mol. The first-order valence-corrected chi connectivity index (χ1v) is 12.1. The molecule has 0 saturated heterocycles. The highest BCUT2D eigenvalue weighted by Gasteiger charge is 2.28. The molecule has 0 radical (unpaired) electrons. The Balaban J connectivity index is 2.14. The molecule has 2 aromatic rings. The van der Waals surface area contributed by atoms with Gasteiger partial charge in [0.2, 0.25) is 11.8 Å². The van der Waals surface area contributed by atoms with Crippen LogP contribution in [0.3, 0.4) is 0 Å². The zero-order valence-electron chi connectivity index (χ0n) is 18.7. The first kappa shape index (κ1) is 25.6. The van der Waals surface area contributed by atoms with Crippen molar-refractivity contribution in [2.45, 2.75) is 58.5 Å². The summed E-state index contributed by atoms with van der Waals surface area (Å²) in [5, 5.41) is 3.96. The number of hydrogen-bond donors (Lipinski definition) is 1. The molecule has 0 fully saturated rings. The lowest BCUT2D eigenvalue weighted by Crippen LogP contribution is -2.52. The molecule has 2 aromatic carbocycles. The van der Waals surface area contributed by atoms with Crippen LogP contribution in [-0.2, 0) is 21.9 Å². The molecule has 31 heavy (non-hydrogen) atoms. The Hall–Kier alpha value is -1.69. The van der Waals surface area contributed by atoms with E-state index in [4.69, 9.17) is 23.2 Å². The molecule has 168 valence electrons. The van der Waals surface area contributed by atoms with Crippen molar-refractivity contribution >= 4 is 46.8 Å². The van der Waals surface area contributed by atoms with Gasteiger partial charge in [-0.1, -0.05) is 59.1 Å². The molecule has 0 aromatic heterocycles. The van der Waals surface area contributed by atoms with Crippen LogP contribution in [0.15, 0.2) is 42.5 Å². The van der Waals surface area contributed by atoms with Gasteiger partial charge < -0.3 is 10.2 Å². The van der Waals surface area contributed by atoms with Gasteiger partial charge in [-0.3, -0.25) is 9.59 Å². The van der Waals surface area contributed by atoms with Gasteiger partial charge in [-0.05, 0) is 57.9 Å². The van der Waals surface area contributed by atoms with Crippen LogP contribution in [0.5, 0.6) is 0 Å². The molecule has 0 aliphatic rings. The van der Waals surface area contributed by atoms with Gasteiger partial charge in [-0.25, -0.2) is 0 Å². The van der Waals surface area contributed by atoms with Gasteiger partial charge in [0.25, 0.3) is 0 Å². The molecule has 0 heterocycles. The number of rotatable bonds is 8. The van der Waals surface area contributed by atoms with Crippen LogP contribution in [0.4, 0.5) is 0 Å². The number of carbonyl (C=O) groups is 2. The van der Waals surface area contributed by atoms with Crippen molar-refractivity contribution in [3.05, 3.63) is 69.2 Å². The molecule has 0 saturated carbocycles. The fourth-order valence-corrected chi connectivity index (χ4v) is 4.36. The maximum absolute atomic E-state index is 13.2. The fourth-order valence-electron chi connectivity index (χ4n) is 3.03. The SMILES string of the molecule is Cc1cccc(CSCC(=O)N(Cc2ccc(Cl)cc2Cl)[C@H](C)C(=O)NC(C)(C)C)c1. The van der Waals surface area contributed by atoms with Crippen molar-refractivity contribution in [2.75, 3.05) is 5.75 Å². The summed E-state index contributed by atoms with van der Waals surface area (Å²) in [5.41, 5.74) is 2.72. The second-order valence-corrected chi connectivity index (χ2v) is 10.5. The van der Waals surface area contributed by atoms with Gasteiger partial charge in [0.15, 0.2) is 0 Å². The topological polar surface area (TPSA) is 49.4 Å². The summed E-state index contributed by atoms with van der Waals surface area (Å²) < 4.78 is 0. The van der Waals surface area contributed by atoms with E-state index in [0.717, 1.165) is 11.3 Å². The van der Waals surface area contributed by atoms with E-state index >= 15 is 0 Å². The number of aryl methyl sites for hydroxylation is 1. The molecule has 0 aliphatic carbocycles. The monoisotopic (exact) mass is 480 g/mol. The van der Waals surface area contributed by atoms with Gasteiger partial charge in [0, 0.05) is 27.9 Å². The van der Waals surface area contributed by atoms with Crippen LogP contribution in [0.1, 0.15) is 44.4 Å². The summed E-state index contributed by atoms with van der Waals surface area (Å²) in [7, 11) is 0. The lowest BCUT2D eigenvalue weighted by molar-refractivity contribution is -0.139. The van der Waals surface area contributed by atoms with E-state index in [1.54, 1.807) is 30.0 Å². The third-order valence-electron chi connectivity index (χ3n) is 4.60. The number of hydrogen-bond acceptors (Lipinski definition) is 3. The minimum atomic E-state index is -0.641. The zero-order valence-corrected chi connectivity index (χ0v) is 21.0. The Labute approximate surface area is 199 Å². The van der Waals surface area contributed by atoms with Crippen LogP contribution in [-0.4, -0.2) is 34.0 Å². The summed E-state index contributed by atoms with van der Waals surface area (Å²) in [6.45, 7) is 9.77. The average molecular weight is 481 g/mol. The largest absolute Gasteiger partial charge is 0.350 e. The minimum Gasteiger partial charge on any atom is -0.350 e. The highest BCUT2D eigenvalue weighted by molar-refractivity contribution is 7.99. The molecule has 0 unspecified atom stereocenters. The second-order valence-electron chi connectivity index (χ2n) is 8.65. The summed E-state index contributed by atoms with van der Waals surface area (Å²) in [5.74, 6) is 0.688. The number of amides is 2. The van der Waals surface area contributed by atoms with Gasteiger partial charge in [-0.15, -0.1) is 11.8 Å². The Bertz CT molecular complexity index is 928. The molecule has 0 aliphatic heterocycles. The smallest absolute Gasteiger partial charge is 0.242 e. The molecule has 0 bridgehead atoms. The molecule has 1 N–H and O–H groups in total. The van der Waals surface area contributed by atoms with Crippen LogP contribution >= 0.6 is 35.0 Å². The number of benzene rings is 2. The molecule has 1 atom stereocenters. The van der Waals surface area contributed by atoms with Gasteiger partial charge in [0.1, 0.15) is 6.04 Å². The van der Waals surface area contributed by atoms with E-state index in [1.165, 1.54) is 22.9 Å². The van der Waals surface area contributed by atoms with Crippen LogP contribution in [0.2, 0.25) is 10.0 Å². The van der Waals surface area contributed by atoms with Gasteiger partial charge in [0.05, 0.1) is 5.75 Å². The zero-order chi connectivity index (χ0) is 23.2. The van der Waals surface area contributed by atoms with Crippen molar-refractivity contribution in [2.24, 2.45) is 0 Å². The quantitative estimate of drug-likeness (QED) is 0.513. The first-order valence-electron chi connectivity index (χ1n) is 10.1. The Morgan fingerprint density at radius 2 is 1.84 bits per heavy atom. The maximum Gasteiger partial charge on any atom is 0.242 e. The lowest BCUT2D eigenvalue weighted by atomic mass is 10.1. The van der Waals surface area contributed by atoms with Crippen molar-refractivity contribution in [3.8, 4) is 0 Å². The summed E-state index contributed by atoms with van der Waals surface area (Å²) >= 11 is 13.9. The molecular formula is C24H30Cl2N2O2S. The first-order chi connectivity index (χ1) is 14.5. The van der Waals surface area contributed by atoms with E-state index in [9.17, 15) is 9.59 Å². The number of nitrogens with zero attached hydrogens (tertiary/aromatic N) is 1. The van der Waals surface area contributed by atoms with E-state index in [2.05, 4.69) is 17.4 Å². The standard InChI is InChI=1S/C24H30Cl2N2O2S/c1-16-7-6-8-18(11-16)14-31-15-22(29)28(17(2)23(30)27-24(3,4)5)13-19-9-10-20(25)12-21(19)26/h6-12,17H,13-15H2,1-5H3,(H,27,30)/t17-/m1/s1. The van der Waals surface area contributed by atoms with Crippen LogP contribution in [0.25, 0.3) is 0 Å². The summed E-state index contributed by atoms with van der Waals surface area (Å²) in [6, 6.07) is 12.8. The molecule has 2 amide bonds. The minimum absolute atomic E-state index is 0.111. The van der Waals surface area contributed by atoms with Crippen molar-refractivity contribution in [1.82, 2.24) is 10.2 Å². The van der Waals surface area contributed by atoms with Crippen LogP contribution < -0.4 is 5.32 Å². The van der Waals surface area contributed by atoms with Gasteiger partial charge in [-0.2, -0.15) is 0 Å². The van der Waals surface area contributed by atoms with Crippen LogP contribution in [0, 0.1) is 6.92 Å². The molecule has 7 heteroatoms. The average Bonchev–Trinajstić information content (AvgIpc) is 2.65. The number of nitrogens with one attached hydrogen (secondary N) is 1. The fraction of sp³-hybridized carbons (Fsp3) is 0.417. The third kappa shape index (κ3) is 8.40. The number of carbonyl (C=O) groups excluding carboxylic acids is 2.